The molecule has 0 aromatic carbocycles. The Morgan fingerprint density at radius 2 is 2.28 bits per heavy atom. The number of ether oxygens (including phenoxy) is 1. The molecule has 2 aromatic heterocycles. The summed E-state index contributed by atoms with van der Waals surface area (Å²) in [5, 5.41) is 0. The molecule has 0 saturated heterocycles. The van der Waals surface area contributed by atoms with Crippen molar-refractivity contribution in [2.75, 3.05) is 18.7 Å². The number of fused-ring (bicyclic) bond motifs is 1. The van der Waals surface area contributed by atoms with Crippen LogP contribution in [-0.2, 0) is 15.8 Å². The highest BCUT2D eigenvalue weighted by molar-refractivity contribution is 7.43. The fraction of sp³-hybridized carbons (Fsp3) is 0.500. The van der Waals surface area contributed by atoms with Crippen LogP contribution in [0.3, 0.4) is 0 Å². The van der Waals surface area contributed by atoms with Gasteiger partial charge in [0.1, 0.15) is 18.5 Å². The van der Waals surface area contributed by atoms with E-state index in [1.807, 2.05) is 11.5 Å². The number of imidazole rings is 1. The van der Waals surface area contributed by atoms with Crippen molar-refractivity contribution in [2.24, 2.45) is 0 Å². The molecule has 0 amide bonds. The first-order valence-corrected chi connectivity index (χ1v) is 7.38. The molecule has 0 radical (unpaired) electrons. The molecule has 96 valence electrons. The topological polar surface area (TPSA) is 95.9 Å². The van der Waals surface area contributed by atoms with Crippen LogP contribution in [0.15, 0.2) is 12.7 Å². The van der Waals surface area contributed by atoms with Crippen molar-refractivity contribution < 1.29 is 9.30 Å². The zero-order chi connectivity index (χ0) is 13.1. The monoisotopic (exact) mass is 268 g/mol. The highest BCUT2D eigenvalue weighted by atomic mass is 31.1. The van der Waals surface area contributed by atoms with E-state index in [1.165, 1.54) is 6.33 Å². The predicted molar refractivity (Wildman–Crippen MR) is 68.7 cm³/mol. The number of hydrogen-bond acceptors (Lipinski definition) is 6. The molecule has 2 atom stereocenters. The number of nitrogen functional groups attached to an aromatic ring is 1. The van der Waals surface area contributed by atoms with E-state index in [2.05, 4.69) is 15.0 Å². The van der Waals surface area contributed by atoms with Crippen molar-refractivity contribution in [3.8, 4) is 0 Å². The van der Waals surface area contributed by atoms with Crippen LogP contribution in [0.25, 0.3) is 11.2 Å². The molecule has 0 spiro atoms. The van der Waals surface area contributed by atoms with Gasteiger partial charge in [-0.05, 0) is 6.92 Å². The Morgan fingerprint density at radius 3 is 3.00 bits per heavy atom. The van der Waals surface area contributed by atoms with Crippen LogP contribution in [0.2, 0.25) is 0 Å². The highest BCUT2D eigenvalue weighted by Crippen LogP contribution is 2.17. The molecule has 2 heterocycles. The second-order valence-corrected chi connectivity index (χ2v) is 5.58. The third kappa shape index (κ3) is 2.80. The van der Waals surface area contributed by atoms with Crippen LogP contribution in [0, 0.1) is 0 Å². The Bertz CT molecular complexity index is 570. The summed E-state index contributed by atoms with van der Waals surface area (Å²) in [6.07, 6.45) is 3.25. The summed E-state index contributed by atoms with van der Waals surface area (Å²) in [6.45, 7) is 4.13. The zero-order valence-electron chi connectivity index (χ0n) is 10.3. The average Bonchev–Trinajstić information content (AvgIpc) is 2.72. The lowest BCUT2D eigenvalue weighted by atomic mass is 10.4. The SMILES string of the molecule is CC(Cn1cnc2c(N)ncnc21)OC[P+](C)=O. The summed E-state index contributed by atoms with van der Waals surface area (Å²) in [5.74, 6) is 0.365. The summed E-state index contributed by atoms with van der Waals surface area (Å²) in [7, 11) is -1.28. The quantitative estimate of drug-likeness (QED) is 0.819. The molecule has 7 nitrogen and oxygen atoms in total. The van der Waals surface area contributed by atoms with E-state index in [1.54, 1.807) is 13.0 Å². The summed E-state index contributed by atoms with van der Waals surface area (Å²) in [6, 6.07) is 0. The molecule has 2 N–H and O–H groups in total. The molecule has 0 aliphatic carbocycles. The maximum absolute atomic E-state index is 11.0. The van der Waals surface area contributed by atoms with Gasteiger partial charge in [0.25, 0.3) is 0 Å². The highest BCUT2D eigenvalue weighted by Gasteiger charge is 2.13. The van der Waals surface area contributed by atoms with Crippen molar-refractivity contribution in [2.45, 2.75) is 19.6 Å². The van der Waals surface area contributed by atoms with Crippen molar-refractivity contribution in [1.82, 2.24) is 19.5 Å². The number of hydrogen-bond donors (Lipinski definition) is 1. The van der Waals surface area contributed by atoms with Crippen LogP contribution < -0.4 is 5.73 Å². The Labute approximate surface area is 105 Å². The van der Waals surface area contributed by atoms with E-state index in [4.69, 9.17) is 10.5 Å². The van der Waals surface area contributed by atoms with Crippen LogP contribution in [0.1, 0.15) is 6.92 Å². The first-order valence-electron chi connectivity index (χ1n) is 5.49. The number of rotatable bonds is 5. The van der Waals surface area contributed by atoms with Gasteiger partial charge >= 0.3 is 7.80 Å². The fourth-order valence-electron chi connectivity index (χ4n) is 1.59. The Morgan fingerprint density at radius 1 is 1.50 bits per heavy atom. The Hall–Kier alpha value is -1.59. The summed E-state index contributed by atoms with van der Waals surface area (Å²) in [4.78, 5) is 12.2. The van der Waals surface area contributed by atoms with E-state index in [0.29, 0.717) is 23.5 Å². The van der Waals surface area contributed by atoms with E-state index in [9.17, 15) is 4.57 Å². The third-order valence-corrected chi connectivity index (χ3v) is 2.94. The van der Waals surface area contributed by atoms with Gasteiger partial charge in [-0.1, -0.05) is 4.57 Å². The normalized spacial score (nSPS) is 13.8. The van der Waals surface area contributed by atoms with Crippen LogP contribution in [0.4, 0.5) is 5.82 Å². The van der Waals surface area contributed by atoms with Gasteiger partial charge in [0, 0.05) is 0 Å². The van der Waals surface area contributed by atoms with Crippen molar-refractivity contribution in [1.29, 1.82) is 0 Å². The number of nitrogens with two attached hydrogens (primary N) is 1. The summed E-state index contributed by atoms with van der Waals surface area (Å²) < 4.78 is 18.3. The van der Waals surface area contributed by atoms with Gasteiger partial charge in [0.05, 0.1) is 19.0 Å². The molecular weight excluding hydrogens is 253 g/mol. The van der Waals surface area contributed by atoms with Gasteiger partial charge in [-0.2, -0.15) is 0 Å². The van der Waals surface area contributed by atoms with E-state index >= 15 is 0 Å². The fourth-order valence-corrected chi connectivity index (χ4v) is 2.06. The lowest BCUT2D eigenvalue weighted by Gasteiger charge is -2.10. The summed E-state index contributed by atoms with van der Waals surface area (Å²) in [5.41, 5.74) is 6.97. The van der Waals surface area contributed by atoms with Crippen LogP contribution in [-0.4, -0.2) is 38.6 Å². The molecule has 2 aromatic rings. The molecule has 2 unspecified atom stereocenters. The smallest absolute Gasteiger partial charge is 0.363 e. The Kier molecular flexibility index (Phi) is 3.84. The Balaban J connectivity index is 2.12. The van der Waals surface area contributed by atoms with Crippen molar-refractivity contribution in [3.05, 3.63) is 12.7 Å². The minimum atomic E-state index is -1.28. The van der Waals surface area contributed by atoms with Crippen LogP contribution in [0.5, 0.6) is 0 Å². The van der Waals surface area contributed by atoms with Crippen molar-refractivity contribution >= 4 is 24.8 Å². The second-order valence-electron chi connectivity index (χ2n) is 4.06. The second kappa shape index (κ2) is 5.37. The first-order chi connectivity index (χ1) is 8.58. The lowest BCUT2D eigenvalue weighted by molar-refractivity contribution is 0.0883. The first kappa shape index (κ1) is 12.9. The van der Waals surface area contributed by atoms with E-state index < -0.39 is 7.80 Å². The standard InChI is InChI=1S/C10H15N5O2P/c1-7(17-6-18(2)16)3-15-5-14-8-9(11)12-4-13-10(8)15/h4-5,7H,3,6H2,1-2H3,(H2,11,12,13)/q+1. The molecule has 18 heavy (non-hydrogen) atoms. The third-order valence-electron chi connectivity index (χ3n) is 2.42. The molecular formula is C10H15N5O2P+. The van der Waals surface area contributed by atoms with E-state index in [0.717, 1.165) is 0 Å². The maximum Gasteiger partial charge on any atom is 0.363 e. The molecule has 2 rings (SSSR count). The zero-order valence-corrected chi connectivity index (χ0v) is 11.2. The predicted octanol–water partition coefficient (Wildman–Crippen LogP) is 1.23. The van der Waals surface area contributed by atoms with Gasteiger partial charge in [0.2, 0.25) is 6.35 Å². The number of aromatic nitrogens is 4. The molecule has 0 fully saturated rings. The minimum Gasteiger partial charge on any atom is -0.382 e. The number of anilines is 1. The molecule has 0 bridgehead atoms. The van der Waals surface area contributed by atoms with Gasteiger partial charge in [-0.15, -0.1) is 0 Å². The minimum absolute atomic E-state index is 0.0718. The van der Waals surface area contributed by atoms with Crippen molar-refractivity contribution in [3.63, 3.8) is 0 Å². The maximum atomic E-state index is 11.0. The molecule has 0 saturated carbocycles. The largest absolute Gasteiger partial charge is 0.382 e. The lowest BCUT2D eigenvalue weighted by Crippen LogP contribution is -2.16. The van der Waals surface area contributed by atoms with Crippen LogP contribution >= 0.6 is 7.80 Å². The number of nitrogens with zero attached hydrogens (tertiary/aromatic N) is 4. The average molecular weight is 268 g/mol. The van der Waals surface area contributed by atoms with Gasteiger partial charge < -0.3 is 15.0 Å². The molecule has 0 aliphatic rings. The van der Waals surface area contributed by atoms with Gasteiger partial charge in [0.15, 0.2) is 11.5 Å². The molecule has 0 aliphatic heterocycles. The summed E-state index contributed by atoms with van der Waals surface area (Å²) >= 11 is 0. The molecule has 8 heteroatoms. The van der Waals surface area contributed by atoms with E-state index in [-0.39, 0.29) is 12.5 Å². The van der Waals surface area contributed by atoms with Gasteiger partial charge in [-0.3, -0.25) is 0 Å². The van der Waals surface area contributed by atoms with Gasteiger partial charge in [-0.25, -0.2) is 15.0 Å².